The summed E-state index contributed by atoms with van der Waals surface area (Å²) in [5.41, 5.74) is 0.633. The summed E-state index contributed by atoms with van der Waals surface area (Å²) < 4.78 is 17.6. The second kappa shape index (κ2) is 3.38. The van der Waals surface area contributed by atoms with Crippen molar-refractivity contribution < 1.29 is 8.91 Å². The fourth-order valence-corrected chi connectivity index (χ4v) is 1.23. The Balaban J connectivity index is 2.47. The van der Waals surface area contributed by atoms with Gasteiger partial charge in [-0.3, -0.25) is 0 Å². The van der Waals surface area contributed by atoms with Crippen molar-refractivity contribution in [3.63, 3.8) is 0 Å². The van der Waals surface area contributed by atoms with E-state index in [1.54, 1.807) is 13.0 Å². The molecule has 2 rings (SSSR count). The van der Waals surface area contributed by atoms with Gasteiger partial charge in [0.1, 0.15) is 5.82 Å². The van der Waals surface area contributed by atoms with Crippen molar-refractivity contribution in [3.8, 4) is 11.4 Å². The van der Waals surface area contributed by atoms with E-state index in [1.165, 1.54) is 12.1 Å². The van der Waals surface area contributed by atoms with E-state index in [-0.39, 0.29) is 5.02 Å². The third kappa shape index (κ3) is 1.61. The molecule has 5 heteroatoms. The number of hydrogen-bond donors (Lipinski definition) is 0. The molecule has 0 N–H and O–H groups in total. The Morgan fingerprint density at radius 2 is 2.21 bits per heavy atom. The molecule has 0 aliphatic carbocycles. The SMILES string of the molecule is Cc1nc(-c2ccc(F)c(Cl)c2)no1. The van der Waals surface area contributed by atoms with Gasteiger partial charge in [0.25, 0.3) is 0 Å². The van der Waals surface area contributed by atoms with Crippen LogP contribution in [-0.2, 0) is 0 Å². The molecule has 0 saturated heterocycles. The Labute approximate surface area is 84.5 Å². The van der Waals surface area contributed by atoms with Crippen LogP contribution >= 0.6 is 11.6 Å². The minimum Gasteiger partial charge on any atom is -0.339 e. The van der Waals surface area contributed by atoms with Gasteiger partial charge in [0.05, 0.1) is 5.02 Å². The normalized spacial score (nSPS) is 10.5. The second-order valence-corrected chi connectivity index (χ2v) is 3.17. The first-order valence-corrected chi connectivity index (χ1v) is 4.30. The fourth-order valence-electron chi connectivity index (χ4n) is 1.05. The standard InChI is InChI=1S/C9H6ClFN2O/c1-5-12-9(13-14-5)6-2-3-8(11)7(10)4-6/h2-4H,1H3. The molecular weight excluding hydrogens is 207 g/mol. The lowest BCUT2D eigenvalue weighted by Gasteiger charge is -1.96. The maximum Gasteiger partial charge on any atom is 0.223 e. The number of aryl methyl sites for hydroxylation is 1. The molecule has 3 nitrogen and oxygen atoms in total. The zero-order valence-corrected chi connectivity index (χ0v) is 8.05. The molecule has 0 unspecified atom stereocenters. The summed E-state index contributed by atoms with van der Waals surface area (Å²) in [5, 5.41) is 3.74. The minimum atomic E-state index is -0.462. The highest BCUT2D eigenvalue weighted by Gasteiger charge is 2.07. The molecule has 0 bridgehead atoms. The molecule has 0 aliphatic heterocycles. The number of aromatic nitrogens is 2. The van der Waals surface area contributed by atoms with Crippen LogP contribution in [0.3, 0.4) is 0 Å². The smallest absolute Gasteiger partial charge is 0.223 e. The molecule has 0 saturated carbocycles. The van der Waals surface area contributed by atoms with Crippen molar-refractivity contribution in [1.82, 2.24) is 10.1 Å². The van der Waals surface area contributed by atoms with Gasteiger partial charge in [-0.25, -0.2) is 4.39 Å². The van der Waals surface area contributed by atoms with Crippen molar-refractivity contribution in [2.75, 3.05) is 0 Å². The Morgan fingerprint density at radius 3 is 2.79 bits per heavy atom. The average molecular weight is 213 g/mol. The van der Waals surface area contributed by atoms with Crippen LogP contribution in [0.25, 0.3) is 11.4 Å². The summed E-state index contributed by atoms with van der Waals surface area (Å²) in [4.78, 5) is 3.99. The molecule has 0 fully saturated rings. The number of halogens is 2. The van der Waals surface area contributed by atoms with Crippen molar-refractivity contribution in [3.05, 3.63) is 34.9 Å². The summed E-state index contributed by atoms with van der Waals surface area (Å²) in [6.07, 6.45) is 0. The molecule has 1 aromatic heterocycles. The van der Waals surface area contributed by atoms with Gasteiger partial charge in [-0.05, 0) is 18.2 Å². The number of nitrogens with zero attached hydrogens (tertiary/aromatic N) is 2. The lowest BCUT2D eigenvalue weighted by atomic mass is 10.2. The predicted molar refractivity (Wildman–Crippen MR) is 49.4 cm³/mol. The minimum absolute atomic E-state index is 0.0463. The summed E-state index contributed by atoms with van der Waals surface area (Å²) in [6, 6.07) is 4.27. The first kappa shape index (κ1) is 9.15. The first-order chi connectivity index (χ1) is 6.66. The van der Waals surface area contributed by atoms with Gasteiger partial charge < -0.3 is 4.52 Å². The van der Waals surface area contributed by atoms with Crippen LogP contribution in [0.2, 0.25) is 5.02 Å². The van der Waals surface area contributed by atoms with Crippen LogP contribution in [-0.4, -0.2) is 10.1 Å². The molecule has 14 heavy (non-hydrogen) atoms. The number of hydrogen-bond acceptors (Lipinski definition) is 3. The van der Waals surface area contributed by atoms with Crippen molar-refractivity contribution in [2.24, 2.45) is 0 Å². The number of benzene rings is 1. The van der Waals surface area contributed by atoms with Crippen LogP contribution in [0.4, 0.5) is 4.39 Å². The van der Waals surface area contributed by atoms with Gasteiger partial charge in [-0.1, -0.05) is 16.8 Å². The first-order valence-electron chi connectivity index (χ1n) is 3.92. The fraction of sp³-hybridized carbons (Fsp3) is 0.111. The third-order valence-electron chi connectivity index (χ3n) is 1.71. The molecule has 1 aromatic carbocycles. The highest BCUT2D eigenvalue weighted by molar-refractivity contribution is 6.31. The highest BCUT2D eigenvalue weighted by Crippen LogP contribution is 2.22. The largest absolute Gasteiger partial charge is 0.339 e. The highest BCUT2D eigenvalue weighted by atomic mass is 35.5. The van der Waals surface area contributed by atoms with E-state index in [1.807, 2.05) is 0 Å². The summed E-state index contributed by atoms with van der Waals surface area (Å²) in [5.74, 6) is 0.403. The van der Waals surface area contributed by atoms with Gasteiger partial charge in [-0.15, -0.1) is 0 Å². The van der Waals surface area contributed by atoms with Crippen LogP contribution < -0.4 is 0 Å². The summed E-state index contributed by atoms with van der Waals surface area (Å²) in [7, 11) is 0. The van der Waals surface area contributed by atoms with E-state index in [2.05, 4.69) is 10.1 Å². The van der Waals surface area contributed by atoms with E-state index in [4.69, 9.17) is 16.1 Å². The predicted octanol–water partition coefficient (Wildman–Crippen LogP) is 2.84. The molecule has 0 spiro atoms. The molecule has 2 aromatic rings. The maximum atomic E-state index is 12.8. The van der Waals surface area contributed by atoms with Crippen molar-refractivity contribution in [2.45, 2.75) is 6.92 Å². The topological polar surface area (TPSA) is 38.9 Å². The number of rotatable bonds is 1. The van der Waals surface area contributed by atoms with Crippen molar-refractivity contribution >= 4 is 11.6 Å². The quantitative estimate of drug-likeness (QED) is 0.730. The second-order valence-electron chi connectivity index (χ2n) is 2.77. The molecule has 72 valence electrons. The zero-order valence-electron chi connectivity index (χ0n) is 7.29. The van der Waals surface area contributed by atoms with E-state index in [0.717, 1.165) is 0 Å². The Morgan fingerprint density at radius 1 is 1.43 bits per heavy atom. The van der Waals surface area contributed by atoms with Crippen LogP contribution in [0, 0.1) is 12.7 Å². The van der Waals surface area contributed by atoms with Gasteiger partial charge in [0.2, 0.25) is 11.7 Å². The third-order valence-corrected chi connectivity index (χ3v) is 2.00. The van der Waals surface area contributed by atoms with E-state index >= 15 is 0 Å². The van der Waals surface area contributed by atoms with Crippen LogP contribution in [0.1, 0.15) is 5.89 Å². The Bertz CT molecular complexity index is 470. The molecule has 0 atom stereocenters. The lowest BCUT2D eigenvalue weighted by molar-refractivity contribution is 0.394. The summed E-state index contributed by atoms with van der Waals surface area (Å²) >= 11 is 5.61. The summed E-state index contributed by atoms with van der Waals surface area (Å²) in [6.45, 7) is 1.68. The van der Waals surface area contributed by atoms with Crippen LogP contribution in [0.15, 0.2) is 22.7 Å². The Hall–Kier alpha value is -1.42. The van der Waals surface area contributed by atoms with E-state index < -0.39 is 5.82 Å². The molecule has 0 amide bonds. The molecule has 0 aliphatic rings. The monoisotopic (exact) mass is 212 g/mol. The van der Waals surface area contributed by atoms with E-state index in [0.29, 0.717) is 17.3 Å². The Kier molecular flexibility index (Phi) is 2.21. The molecule has 0 radical (unpaired) electrons. The zero-order chi connectivity index (χ0) is 10.1. The maximum absolute atomic E-state index is 12.8. The lowest BCUT2D eigenvalue weighted by Crippen LogP contribution is -1.83. The average Bonchev–Trinajstić information content (AvgIpc) is 2.57. The van der Waals surface area contributed by atoms with Gasteiger partial charge in [0.15, 0.2) is 0 Å². The van der Waals surface area contributed by atoms with Crippen LogP contribution in [0.5, 0.6) is 0 Å². The van der Waals surface area contributed by atoms with Crippen molar-refractivity contribution in [1.29, 1.82) is 0 Å². The molecular formula is C9H6ClFN2O. The van der Waals surface area contributed by atoms with Gasteiger partial charge in [0, 0.05) is 12.5 Å². The molecule has 1 heterocycles. The van der Waals surface area contributed by atoms with Gasteiger partial charge in [-0.2, -0.15) is 4.98 Å². The van der Waals surface area contributed by atoms with E-state index in [9.17, 15) is 4.39 Å². The van der Waals surface area contributed by atoms with Gasteiger partial charge >= 0.3 is 0 Å².